The van der Waals surface area contributed by atoms with Crippen LogP contribution in [0.2, 0.25) is 0 Å². The number of pyridine rings is 1. The maximum absolute atomic E-state index is 8.94. The predicted octanol–water partition coefficient (Wildman–Crippen LogP) is 9.90. The van der Waals surface area contributed by atoms with Crippen LogP contribution in [-0.2, 0) is 5.41 Å². The number of aromatic nitrogens is 1. The highest BCUT2D eigenvalue weighted by atomic mass is 16.3. The van der Waals surface area contributed by atoms with Crippen molar-refractivity contribution in [2.24, 2.45) is 0 Å². The molecular weight excluding hydrogens is 450 g/mol. The lowest BCUT2D eigenvalue weighted by molar-refractivity contribution is 0.590. The van der Waals surface area contributed by atoms with Gasteiger partial charge in [0.15, 0.2) is 0 Å². The van der Waals surface area contributed by atoms with Gasteiger partial charge in [-0.15, -0.1) is 0 Å². The smallest absolute Gasteiger partial charge is 0.143 e. The zero-order valence-corrected chi connectivity index (χ0v) is 21.0. The molecule has 0 saturated carbocycles. The SMILES string of the molecule is [2H]c1cc(C(C)(C)C)cc(C([2H])([2H])[2H])c1-c1cc(-c2cccc3c2oc2cc(-c4ccccc4)ccc23)cnc1C([2H])([2H])[2H]. The molecule has 0 fully saturated rings. The summed E-state index contributed by atoms with van der Waals surface area (Å²) in [5, 5.41) is 1.82. The van der Waals surface area contributed by atoms with E-state index >= 15 is 0 Å². The first-order valence-corrected chi connectivity index (χ1v) is 12.3. The van der Waals surface area contributed by atoms with Gasteiger partial charge in [-0.05, 0) is 65.1 Å². The van der Waals surface area contributed by atoms with Gasteiger partial charge in [0.2, 0.25) is 0 Å². The number of benzene rings is 4. The summed E-state index contributed by atoms with van der Waals surface area (Å²) >= 11 is 0. The molecule has 0 aliphatic heterocycles. The van der Waals surface area contributed by atoms with E-state index in [0.717, 1.165) is 21.9 Å². The quantitative estimate of drug-likeness (QED) is 0.248. The van der Waals surface area contributed by atoms with E-state index in [-0.39, 0.29) is 28.4 Å². The monoisotopic (exact) mass is 488 g/mol. The zero-order chi connectivity index (χ0) is 31.6. The first-order valence-electron chi connectivity index (χ1n) is 15.8. The molecule has 0 unspecified atom stereocenters. The van der Waals surface area contributed by atoms with Crippen LogP contribution in [0.5, 0.6) is 0 Å². The lowest BCUT2D eigenvalue weighted by atomic mass is 9.84. The minimum Gasteiger partial charge on any atom is -0.455 e. The number of furan rings is 1. The summed E-state index contributed by atoms with van der Waals surface area (Å²) in [6.07, 6.45) is 1.48. The Balaban J connectivity index is 1.60. The number of rotatable bonds is 3. The van der Waals surface area contributed by atoms with E-state index in [2.05, 4.69) is 11.1 Å². The molecule has 0 spiro atoms. The maximum atomic E-state index is 8.94. The summed E-state index contributed by atoms with van der Waals surface area (Å²) in [4.78, 5) is 4.38. The normalized spacial score (nSPS) is 15.4. The molecule has 2 nitrogen and oxygen atoms in total. The number of fused-ring (bicyclic) bond motifs is 3. The first kappa shape index (κ1) is 16.6. The molecule has 0 N–H and O–H groups in total. The fourth-order valence-electron chi connectivity index (χ4n) is 4.79. The van der Waals surface area contributed by atoms with Crippen LogP contribution in [0.4, 0.5) is 0 Å². The van der Waals surface area contributed by atoms with E-state index in [1.54, 1.807) is 18.2 Å². The van der Waals surface area contributed by atoms with Gasteiger partial charge >= 0.3 is 0 Å². The zero-order valence-electron chi connectivity index (χ0n) is 28.0. The molecule has 6 rings (SSSR count). The summed E-state index contributed by atoms with van der Waals surface area (Å²) in [5.74, 6) is 0. The van der Waals surface area contributed by atoms with Crippen LogP contribution < -0.4 is 0 Å². The third-order valence-electron chi connectivity index (χ3n) is 6.88. The van der Waals surface area contributed by atoms with E-state index < -0.39 is 19.1 Å². The number of hydrogen-bond donors (Lipinski definition) is 0. The summed E-state index contributed by atoms with van der Waals surface area (Å²) in [6, 6.07) is 26.6. The Morgan fingerprint density at radius 1 is 0.730 bits per heavy atom. The van der Waals surface area contributed by atoms with Crippen molar-refractivity contribution in [2.75, 3.05) is 0 Å². The second-order valence-corrected chi connectivity index (χ2v) is 10.4. The molecule has 0 aliphatic carbocycles. The van der Waals surface area contributed by atoms with Crippen molar-refractivity contribution in [3.63, 3.8) is 0 Å². The lowest BCUT2D eigenvalue weighted by Crippen LogP contribution is -2.11. The van der Waals surface area contributed by atoms with Gasteiger partial charge in [0.25, 0.3) is 0 Å². The molecule has 2 aromatic heterocycles. The average Bonchev–Trinajstić information content (AvgIpc) is 3.33. The van der Waals surface area contributed by atoms with Crippen molar-refractivity contribution >= 4 is 21.9 Å². The Morgan fingerprint density at radius 2 is 1.59 bits per heavy atom. The summed E-state index contributed by atoms with van der Waals surface area (Å²) in [7, 11) is 0. The molecule has 0 amide bonds. The van der Waals surface area contributed by atoms with Gasteiger partial charge in [-0.1, -0.05) is 93.5 Å². The molecule has 182 valence electrons. The fourth-order valence-corrected chi connectivity index (χ4v) is 4.79. The summed E-state index contributed by atoms with van der Waals surface area (Å²) in [5.41, 5.74) is 4.70. The van der Waals surface area contributed by atoms with Crippen molar-refractivity contribution in [3.05, 3.63) is 114 Å². The Labute approximate surface area is 228 Å². The van der Waals surface area contributed by atoms with Gasteiger partial charge in [0.1, 0.15) is 11.2 Å². The number of aryl methyl sites for hydroxylation is 2. The first-order chi connectivity index (χ1) is 20.6. The Bertz CT molecular complexity index is 2030. The Hall–Kier alpha value is -4.17. The van der Waals surface area contributed by atoms with Gasteiger partial charge in [0, 0.05) is 47.6 Å². The third-order valence-corrected chi connectivity index (χ3v) is 6.88. The van der Waals surface area contributed by atoms with Crippen molar-refractivity contribution < 1.29 is 14.0 Å². The van der Waals surface area contributed by atoms with Crippen molar-refractivity contribution in [2.45, 2.75) is 39.9 Å². The second kappa shape index (κ2) is 8.74. The van der Waals surface area contributed by atoms with E-state index in [1.807, 2.05) is 81.4 Å². The second-order valence-electron chi connectivity index (χ2n) is 10.4. The van der Waals surface area contributed by atoms with Crippen LogP contribution in [0, 0.1) is 13.7 Å². The molecule has 37 heavy (non-hydrogen) atoms. The standard InChI is InChI=1S/C35H31NO/c1-22-18-27(35(3,4)5)15-17-28(22)32-19-26(21-36-23(32)2)29-12-9-13-31-30-16-14-25(20-33(30)37-34(29)31)24-10-7-6-8-11-24/h6-21H,1-5H3/i1D3,2D3,17D. The fraction of sp³-hybridized carbons (Fsp3) is 0.171. The molecule has 2 heterocycles. The summed E-state index contributed by atoms with van der Waals surface area (Å²) < 4.78 is 65.0. The van der Waals surface area contributed by atoms with Gasteiger partial charge in [-0.2, -0.15) is 0 Å². The highest BCUT2D eigenvalue weighted by Crippen LogP contribution is 2.39. The maximum Gasteiger partial charge on any atom is 0.143 e. The van der Waals surface area contributed by atoms with Crippen LogP contribution in [0.15, 0.2) is 102 Å². The Morgan fingerprint density at radius 3 is 2.38 bits per heavy atom. The van der Waals surface area contributed by atoms with Gasteiger partial charge < -0.3 is 4.42 Å². The molecule has 2 heteroatoms. The summed E-state index contributed by atoms with van der Waals surface area (Å²) in [6.45, 7) is 0.588. The van der Waals surface area contributed by atoms with Gasteiger partial charge in [0.05, 0.1) is 1.37 Å². The van der Waals surface area contributed by atoms with Crippen LogP contribution in [0.25, 0.3) is 55.3 Å². The highest BCUT2D eigenvalue weighted by Gasteiger charge is 2.18. The van der Waals surface area contributed by atoms with Crippen LogP contribution in [0.1, 0.15) is 47.2 Å². The van der Waals surface area contributed by atoms with Crippen LogP contribution in [0.3, 0.4) is 0 Å². The topological polar surface area (TPSA) is 26.0 Å². The average molecular weight is 489 g/mol. The molecule has 0 bridgehead atoms. The number of hydrogen-bond acceptors (Lipinski definition) is 2. The van der Waals surface area contributed by atoms with Crippen molar-refractivity contribution in [1.82, 2.24) is 4.98 Å². The van der Waals surface area contributed by atoms with E-state index in [0.29, 0.717) is 27.9 Å². The molecular formula is C35H31NO. The molecule has 6 aromatic rings. The highest BCUT2D eigenvalue weighted by molar-refractivity contribution is 6.10. The minimum absolute atomic E-state index is 0.0442. The third kappa shape index (κ3) is 4.13. The van der Waals surface area contributed by atoms with E-state index in [1.165, 1.54) is 6.20 Å². The van der Waals surface area contributed by atoms with Gasteiger partial charge in [-0.3, -0.25) is 4.98 Å². The largest absolute Gasteiger partial charge is 0.455 e. The van der Waals surface area contributed by atoms with Gasteiger partial charge in [-0.25, -0.2) is 0 Å². The van der Waals surface area contributed by atoms with Crippen molar-refractivity contribution in [3.8, 4) is 33.4 Å². The minimum atomic E-state index is -2.64. The lowest BCUT2D eigenvalue weighted by Gasteiger charge is -2.21. The molecule has 0 saturated heterocycles. The van der Waals surface area contributed by atoms with E-state index in [4.69, 9.17) is 14.0 Å². The van der Waals surface area contributed by atoms with Crippen LogP contribution in [-0.4, -0.2) is 4.98 Å². The molecule has 4 aromatic carbocycles. The van der Waals surface area contributed by atoms with Crippen LogP contribution >= 0.6 is 0 Å². The molecule has 0 radical (unpaired) electrons. The van der Waals surface area contributed by atoms with E-state index in [9.17, 15) is 0 Å². The Kier molecular flexibility index (Phi) is 3.91. The number of nitrogens with zero attached hydrogens (tertiary/aromatic N) is 1. The predicted molar refractivity (Wildman–Crippen MR) is 156 cm³/mol. The van der Waals surface area contributed by atoms with Crippen molar-refractivity contribution in [1.29, 1.82) is 0 Å². The number of para-hydroxylation sites is 1. The molecule has 0 atom stereocenters. The molecule has 0 aliphatic rings.